The van der Waals surface area contributed by atoms with Gasteiger partial charge in [-0.25, -0.2) is 14.0 Å². The second kappa shape index (κ2) is 10.6. The van der Waals surface area contributed by atoms with Crippen LogP contribution in [-0.4, -0.2) is 49.3 Å². The van der Waals surface area contributed by atoms with Gasteiger partial charge in [0, 0.05) is 32.3 Å². The van der Waals surface area contributed by atoms with E-state index in [1.54, 1.807) is 39.0 Å². The van der Waals surface area contributed by atoms with Crippen LogP contribution < -0.4 is 5.32 Å². The van der Waals surface area contributed by atoms with Crippen LogP contribution in [0.2, 0.25) is 0 Å². The number of halogens is 1. The predicted octanol–water partition coefficient (Wildman–Crippen LogP) is 2.88. The summed E-state index contributed by atoms with van der Waals surface area (Å²) >= 11 is 0. The number of carbonyl (C=O) groups excluding carboxylic acids is 2. The number of nitrogens with one attached hydrogen (secondary N) is 1. The molecule has 1 N–H and O–H groups in total. The monoisotopic (exact) mass is 366 g/mol. The third-order valence-corrected chi connectivity index (χ3v) is 3.23. The Hall–Kier alpha value is -2.41. The van der Waals surface area contributed by atoms with Crippen molar-refractivity contribution in [2.75, 3.05) is 26.7 Å². The Morgan fingerprint density at radius 1 is 1.23 bits per heavy atom. The van der Waals surface area contributed by atoms with E-state index in [1.807, 2.05) is 4.90 Å². The quantitative estimate of drug-likeness (QED) is 0.566. The largest absolute Gasteiger partial charge is 0.466 e. The van der Waals surface area contributed by atoms with Crippen LogP contribution in [0.1, 0.15) is 26.3 Å². The smallest absolute Gasteiger partial charge is 0.407 e. The molecule has 1 aromatic rings. The fourth-order valence-electron chi connectivity index (χ4n) is 2.08. The lowest BCUT2D eigenvalue weighted by molar-refractivity contribution is -0.134. The predicted molar refractivity (Wildman–Crippen MR) is 97.1 cm³/mol. The number of carbonyl (C=O) groups is 2. The number of ether oxygens (including phenoxy) is 2. The summed E-state index contributed by atoms with van der Waals surface area (Å²) in [5.41, 5.74) is 0.372. The number of benzene rings is 1. The van der Waals surface area contributed by atoms with Crippen molar-refractivity contribution in [2.45, 2.75) is 32.9 Å². The van der Waals surface area contributed by atoms with E-state index in [4.69, 9.17) is 4.74 Å². The first-order valence-electron chi connectivity index (χ1n) is 8.38. The van der Waals surface area contributed by atoms with Crippen molar-refractivity contribution in [1.82, 2.24) is 10.2 Å². The zero-order chi connectivity index (χ0) is 19.6. The number of alkyl carbamates (subject to hydrolysis) is 1. The third-order valence-electron chi connectivity index (χ3n) is 3.23. The molecule has 26 heavy (non-hydrogen) atoms. The summed E-state index contributed by atoms with van der Waals surface area (Å²) in [5.74, 6) is -0.726. The Labute approximate surface area is 154 Å². The molecular weight excluding hydrogens is 339 g/mol. The fraction of sp³-hybridized carbons (Fsp3) is 0.474. The fourth-order valence-corrected chi connectivity index (χ4v) is 2.08. The van der Waals surface area contributed by atoms with Gasteiger partial charge in [-0.2, -0.15) is 0 Å². The minimum Gasteiger partial charge on any atom is -0.466 e. The van der Waals surface area contributed by atoms with Gasteiger partial charge in [-0.1, -0.05) is 18.2 Å². The van der Waals surface area contributed by atoms with Crippen LogP contribution in [0.15, 0.2) is 36.4 Å². The first kappa shape index (κ1) is 21.6. The number of methoxy groups -OCH3 is 1. The Morgan fingerprint density at radius 2 is 1.88 bits per heavy atom. The van der Waals surface area contributed by atoms with Crippen molar-refractivity contribution >= 4 is 12.1 Å². The summed E-state index contributed by atoms with van der Waals surface area (Å²) in [6.07, 6.45) is 2.55. The summed E-state index contributed by atoms with van der Waals surface area (Å²) in [6.45, 7) is 7.32. The topological polar surface area (TPSA) is 67.9 Å². The molecular formula is C19H27FN2O4. The van der Waals surface area contributed by atoms with Gasteiger partial charge in [-0.3, -0.25) is 4.90 Å². The van der Waals surface area contributed by atoms with Crippen molar-refractivity contribution < 1.29 is 23.5 Å². The van der Waals surface area contributed by atoms with Crippen LogP contribution in [0, 0.1) is 5.82 Å². The lowest BCUT2D eigenvalue weighted by Gasteiger charge is -2.23. The van der Waals surface area contributed by atoms with Gasteiger partial charge in [0.15, 0.2) is 0 Å². The number of hydrogen-bond donors (Lipinski definition) is 1. The first-order valence-corrected chi connectivity index (χ1v) is 8.38. The maximum atomic E-state index is 13.0. The van der Waals surface area contributed by atoms with Crippen LogP contribution >= 0.6 is 0 Å². The van der Waals surface area contributed by atoms with Crippen molar-refractivity contribution in [3.05, 3.63) is 47.8 Å². The van der Waals surface area contributed by atoms with E-state index in [-0.39, 0.29) is 5.82 Å². The number of nitrogens with zero attached hydrogens (tertiary/aromatic N) is 1. The van der Waals surface area contributed by atoms with E-state index in [2.05, 4.69) is 10.1 Å². The van der Waals surface area contributed by atoms with Gasteiger partial charge >= 0.3 is 12.1 Å². The molecule has 0 aliphatic carbocycles. The Bertz CT molecular complexity index is 609. The average Bonchev–Trinajstić information content (AvgIpc) is 2.54. The first-order chi connectivity index (χ1) is 12.2. The molecule has 0 aliphatic rings. The second-order valence-electron chi connectivity index (χ2n) is 6.72. The zero-order valence-corrected chi connectivity index (χ0v) is 15.8. The van der Waals surface area contributed by atoms with E-state index in [9.17, 15) is 14.0 Å². The van der Waals surface area contributed by atoms with Gasteiger partial charge in [0.1, 0.15) is 11.4 Å². The molecule has 0 radical (unpaired) electrons. The minimum absolute atomic E-state index is 0.294. The number of esters is 1. The summed E-state index contributed by atoms with van der Waals surface area (Å²) in [5, 5.41) is 2.70. The summed E-state index contributed by atoms with van der Waals surface area (Å²) in [6, 6.07) is 6.20. The molecule has 1 rings (SSSR count). The molecule has 7 heteroatoms. The number of amides is 1. The SMILES string of the molecule is COC(=O)/C=C/CN(CCNC(=O)OC(C)(C)C)Cc1ccc(F)cc1. The molecule has 1 amide bonds. The van der Waals surface area contributed by atoms with Crippen LogP contribution in [0.5, 0.6) is 0 Å². The van der Waals surface area contributed by atoms with Crippen LogP contribution in [0.25, 0.3) is 0 Å². The Kier molecular flexibility index (Phi) is 8.78. The summed E-state index contributed by atoms with van der Waals surface area (Å²) < 4.78 is 22.8. The average molecular weight is 366 g/mol. The molecule has 144 valence electrons. The molecule has 0 saturated heterocycles. The highest BCUT2D eigenvalue weighted by Crippen LogP contribution is 2.08. The summed E-state index contributed by atoms with van der Waals surface area (Å²) in [7, 11) is 1.31. The summed E-state index contributed by atoms with van der Waals surface area (Å²) in [4.78, 5) is 24.9. The van der Waals surface area contributed by atoms with E-state index >= 15 is 0 Å². The number of rotatable bonds is 8. The minimum atomic E-state index is -0.554. The van der Waals surface area contributed by atoms with Gasteiger partial charge in [0.25, 0.3) is 0 Å². The third kappa shape index (κ3) is 9.78. The molecule has 0 bridgehead atoms. The van der Waals surface area contributed by atoms with Gasteiger partial charge < -0.3 is 14.8 Å². The van der Waals surface area contributed by atoms with Gasteiger partial charge in [0.05, 0.1) is 7.11 Å². The van der Waals surface area contributed by atoms with Crippen LogP contribution in [-0.2, 0) is 20.8 Å². The van der Waals surface area contributed by atoms with E-state index in [1.165, 1.54) is 25.3 Å². The maximum absolute atomic E-state index is 13.0. The van der Waals surface area contributed by atoms with Crippen molar-refractivity contribution in [3.8, 4) is 0 Å². The lowest BCUT2D eigenvalue weighted by atomic mass is 10.2. The van der Waals surface area contributed by atoms with Gasteiger partial charge in [-0.05, 0) is 38.5 Å². The molecule has 0 unspecified atom stereocenters. The van der Waals surface area contributed by atoms with E-state index in [0.29, 0.717) is 26.2 Å². The van der Waals surface area contributed by atoms with Crippen molar-refractivity contribution in [2.24, 2.45) is 0 Å². The zero-order valence-electron chi connectivity index (χ0n) is 15.8. The molecule has 0 heterocycles. The molecule has 0 aliphatic heterocycles. The molecule has 0 fully saturated rings. The molecule has 6 nitrogen and oxygen atoms in total. The normalized spacial score (nSPS) is 11.6. The van der Waals surface area contributed by atoms with Crippen molar-refractivity contribution in [1.29, 1.82) is 0 Å². The highest BCUT2D eigenvalue weighted by molar-refractivity contribution is 5.81. The molecule has 0 spiro atoms. The Balaban J connectivity index is 2.59. The van der Waals surface area contributed by atoms with Gasteiger partial charge in [0.2, 0.25) is 0 Å². The highest BCUT2D eigenvalue weighted by Gasteiger charge is 2.16. The number of hydrogen-bond acceptors (Lipinski definition) is 5. The lowest BCUT2D eigenvalue weighted by Crippen LogP contribution is -2.38. The second-order valence-corrected chi connectivity index (χ2v) is 6.72. The molecule has 0 aromatic heterocycles. The standard InChI is InChI=1S/C19H27FN2O4/c1-19(2,3)26-18(24)21-11-13-22(12-5-6-17(23)25-4)14-15-7-9-16(20)10-8-15/h5-10H,11-14H2,1-4H3,(H,21,24)/b6-5+. The van der Waals surface area contributed by atoms with Crippen LogP contribution in [0.4, 0.5) is 9.18 Å². The molecule has 0 saturated carbocycles. The maximum Gasteiger partial charge on any atom is 0.407 e. The Morgan fingerprint density at radius 3 is 2.46 bits per heavy atom. The molecule has 0 atom stereocenters. The van der Waals surface area contributed by atoms with Gasteiger partial charge in [-0.15, -0.1) is 0 Å². The molecule has 1 aromatic carbocycles. The van der Waals surface area contributed by atoms with Crippen molar-refractivity contribution in [3.63, 3.8) is 0 Å². The van der Waals surface area contributed by atoms with E-state index < -0.39 is 17.7 Å². The van der Waals surface area contributed by atoms with Crippen LogP contribution in [0.3, 0.4) is 0 Å². The van der Waals surface area contributed by atoms with E-state index in [0.717, 1.165) is 5.56 Å². The highest BCUT2D eigenvalue weighted by atomic mass is 19.1.